The van der Waals surface area contributed by atoms with Crippen LogP contribution in [0.4, 0.5) is 0 Å². The zero-order chi connectivity index (χ0) is 36.0. The second-order valence-corrected chi connectivity index (χ2v) is 14.5. The number of rotatable bonds is 4. The number of para-hydroxylation sites is 3. The fourth-order valence-corrected chi connectivity index (χ4v) is 9.04. The highest BCUT2D eigenvalue weighted by atomic mass is 16.3. The Hall–Kier alpha value is -7.36. The lowest BCUT2D eigenvalue weighted by atomic mass is 9.94. The summed E-state index contributed by atoms with van der Waals surface area (Å²) in [5, 5.41) is 9.65. The van der Waals surface area contributed by atoms with Gasteiger partial charge in [0, 0.05) is 49.1 Å². The topological polar surface area (TPSA) is 23.0 Å². The van der Waals surface area contributed by atoms with Crippen molar-refractivity contribution >= 4 is 76.3 Å². The van der Waals surface area contributed by atoms with Crippen LogP contribution < -0.4 is 0 Å². The molecule has 0 saturated heterocycles. The number of furan rings is 1. The maximum absolute atomic E-state index is 6.28. The van der Waals surface area contributed by atoms with Crippen molar-refractivity contribution in [1.82, 2.24) is 9.13 Å². The molecule has 12 aromatic rings. The molecule has 0 bridgehead atoms. The van der Waals surface area contributed by atoms with Crippen LogP contribution in [-0.2, 0) is 0 Å². The minimum absolute atomic E-state index is 0.895. The van der Waals surface area contributed by atoms with Gasteiger partial charge in [0.15, 0.2) is 0 Å². The van der Waals surface area contributed by atoms with Crippen LogP contribution in [0.1, 0.15) is 0 Å². The highest BCUT2D eigenvalue weighted by Gasteiger charge is 2.21. The van der Waals surface area contributed by atoms with Gasteiger partial charge in [-0.2, -0.15) is 0 Å². The molecule has 256 valence electrons. The van der Waals surface area contributed by atoms with Crippen molar-refractivity contribution in [3.05, 3.63) is 194 Å². The van der Waals surface area contributed by atoms with Crippen LogP contribution >= 0.6 is 0 Å². The third kappa shape index (κ3) is 4.44. The van der Waals surface area contributed by atoms with Crippen molar-refractivity contribution in [1.29, 1.82) is 0 Å². The second kappa shape index (κ2) is 11.6. The van der Waals surface area contributed by atoms with Crippen molar-refractivity contribution in [2.24, 2.45) is 0 Å². The van der Waals surface area contributed by atoms with E-state index in [0.29, 0.717) is 0 Å². The molecule has 0 aliphatic heterocycles. The van der Waals surface area contributed by atoms with Gasteiger partial charge in [-0.25, -0.2) is 0 Å². The summed E-state index contributed by atoms with van der Waals surface area (Å²) in [6, 6.07) is 70.4. The van der Waals surface area contributed by atoms with Gasteiger partial charge >= 0.3 is 0 Å². The molecule has 3 heteroatoms. The number of hydrogen-bond acceptors (Lipinski definition) is 1. The largest absolute Gasteiger partial charge is 0.456 e. The molecule has 0 fully saturated rings. The van der Waals surface area contributed by atoms with E-state index in [1.165, 1.54) is 76.6 Å². The van der Waals surface area contributed by atoms with E-state index in [1.54, 1.807) is 0 Å². The molecular weight excluding hydrogens is 669 g/mol. The summed E-state index contributed by atoms with van der Waals surface area (Å²) in [5.41, 5.74) is 13.7. The fraction of sp³-hybridized carbons (Fsp3) is 0. The van der Waals surface area contributed by atoms with Crippen molar-refractivity contribution in [2.75, 3.05) is 0 Å². The van der Waals surface area contributed by atoms with Gasteiger partial charge < -0.3 is 13.6 Å². The van der Waals surface area contributed by atoms with Crippen LogP contribution in [0, 0.1) is 0 Å². The summed E-state index contributed by atoms with van der Waals surface area (Å²) in [5.74, 6) is 0. The smallest absolute Gasteiger partial charge is 0.135 e. The normalized spacial score (nSPS) is 12.0. The Labute approximate surface area is 316 Å². The first kappa shape index (κ1) is 30.1. The van der Waals surface area contributed by atoms with E-state index in [9.17, 15) is 0 Å². The third-order valence-corrected chi connectivity index (χ3v) is 11.5. The first-order valence-electron chi connectivity index (χ1n) is 18.8. The molecule has 0 aliphatic carbocycles. The summed E-state index contributed by atoms with van der Waals surface area (Å²) in [4.78, 5) is 0. The van der Waals surface area contributed by atoms with Crippen LogP contribution in [0.5, 0.6) is 0 Å². The molecule has 0 atom stereocenters. The molecule has 0 unspecified atom stereocenters. The second-order valence-electron chi connectivity index (χ2n) is 14.5. The highest BCUT2D eigenvalue weighted by Crippen LogP contribution is 2.45. The van der Waals surface area contributed by atoms with E-state index < -0.39 is 0 Å². The summed E-state index contributed by atoms with van der Waals surface area (Å²) >= 11 is 0. The molecule has 3 heterocycles. The Bertz CT molecular complexity index is 3470. The molecule has 0 N–H and O–H groups in total. The first-order chi connectivity index (χ1) is 27.3. The van der Waals surface area contributed by atoms with E-state index in [2.05, 4.69) is 191 Å². The van der Waals surface area contributed by atoms with Crippen molar-refractivity contribution in [3.8, 4) is 33.6 Å². The predicted molar refractivity (Wildman–Crippen MR) is 231 cm³/mol. The van der Waals surface area contributed by atoms with E-state index in [1.807, 2.05) is 12.1 Å². The van der Waals surface area contributed by atoms with E-state index in [0.717, 1.165) is 33.3 Å². The van der Waals surface area contributed by atoms with Gasteiger partial charge in [0.2, 0.25) is 0 Å². The van der Waals surface area contributed by atoms with Gasteiger partial charge in [-0.05, 0) is 100 Å². The maximum atomic E-state index is 6.28. The molecule has 0 aliphatic rings. The third-order valence-electron chi connectivity index (χ3n) is 11.5. The Kier molecular flexibility index (Phi) is 6.34. The number of hydrogen-bond donors (Lipinski definition) is 0. The molecule has 0 amide bonds. The van der Waals surface area contributed by atoms with Crippen LogP contribution in [0.25, 0.3) is 110 Å². The van der Waals surface area contributed by atoms with E-state index in [4.69, 9.17) is 4.42 Å². The zero-order valence-corrected chi connectivity index (χ0v) is 29.8. The molecule has 12 rings (SSSR count). The van der Waals surface area contributed by atoms with Crippen molar-refractivity contribution in [2.45, 2.75) is 0 Å². The lowest BCUT2D eigenvalue weighted by Gasteiger charge is -2.12. The molecule has 3 nitrogen and oxygen atoms in total. The minimum atomic E-state index is 0.895. The average molecular weight is 701 g/mol. The Morgan fingerprint density at radius 3 is 1.76 bits per heavy atom. The molecule has 0 spiro atoms. The predicted octanol–water partition coefficient (Wildman–Crippen LogP) is 14.3. The van der Waals surface area contributed by atoms with Crippen LogP contribution in [0.2, 0.25) is 0 Å². The fourth-order valence-electron chi connectivity index (χ4n) is 9.04. The SMILES string of the molecule is c1ccc(-c2cc3ccccc3c3c2c2cc(-c4ccc5c(c4)c4ccccc4n5-c4ccccc4)ccc2n3-c2ccc3oc4ccccc4c3c2)cc1. The van der Waals surface area contributed by atoms with E-state index >= 15 is 0 Å². The Morgan fingerprint density at radius 2 is 0.945 bits per heavy atom. The quantitative estimate of drug-likeness (QED) is 0.179. The van der Waals surface area contributed by atoms with Crippen LogP contribution in [0.15, 0.2) is 199 Å². The molecule has 0 radical (unpaired) electrons. The summed E-state index contributed by atoms with van der Waals surface area (Å²) < 4.78 is 11.1. The van der Waals surface area contributed by atoms with Gasteiger partial charge in [0.25, 0.3) is 0 Å². The molecule has 55 heavy (non-hydrogen) atoms. The lowest BCUT2D eigenvalue weighted by Crippen LogP contribution is -1.95. The summed E-state index contributed by atoms with van der Waals surface area (Å²) in [6.07, 6.45) is 0. The average Bonchev–Trinajstić information content (AvgIpc) is 3.91. The van der Waals surface area contributed by atoms with Gasteiger partial charge in [-0.15, -0.1) is 0 Å². The first-order valence-corrected chi connectivity index (χ1v) is 18.8. The Morgan fingerprint density at radius 1 is 0.327 bits per heavy atom. The zero-order valence-electron chi connectivity index (χ0n) is 29.8. The summed E-state index contributed by atoms with van der Waals surface area (Å²) in [6.45, 7) is 0. The van der Waals surface area contributed by atoms with Gasteiger partial charge in [0.05, 0.1) is 22.1 Å². The van der Waals surface area contributed by atoms with Gasteiger partial charge in [-0.3, -0.25) is 0 Å². The van der Waals surface area contributed by atoms with Crippen molar-refractivity contribution in [3.63, 3.8) is 0 Å². The highest BCUT2D eigenvalue weighted by molar-refractivity contribution is 6.25. The van der Waals surface area contributed by atoms with Crippen LogP contribution in [0.3, 0.4) is 0 Å². The van der Waals surface area contributed by atoms with Gasteiger partial charge in [0.1, 0.15) is 11.2 Å². The standard InChI is InChI=1S/C52H32N2O/c1-3-13-33(14-4-1)42-31-36-15-7-8-18-39(36)52-51(42)45-30-35(24-27-48(45)54(52)38-25-28-50-44(32-38)41-20-10-12-22-49(41)55-50)34-23-26-47-43(29-34)40-19-9-11-21-46(40)53(47)37-16-5-2-6-17-37/h1-32H. The molecular formula is C52H32N2O. The number of benzene rings is 9. The van der Waals surface area contributed by atoms with E-state index in [-0.39, 0.29) is 0 Å². The monoisotopic (exact) mass is 700 g/mol. The number of aromatic nitrogens is 2. The summed E-state index contributed by atoms with van der Waals surface area (Å²) in [7, 11) is 0. The number of nitrogens with zero attached hydrogens (tertiary/aromatic N) is 2. The molecule has 3 aromatic heterocycles. The molecule has 9 aromatic carbocycles. The Balaban J connectivity index is 1.17. The van der Waals surface area contributed by atoms with Crippen LogP contribution in [-0.4, -0.2) is 9.13 Å². The van der Waals surface area contributed by atoms with Crippen molar-refractivity contribution < 1.29 is 4.42 Å². The molecule has 0 saturated carbocycles. The lowest BCUT2D eigenvalue weighted by molar-refractivity contribution is 0.669. The number of fused-ring (bicyclic) bond motifs is 11. The minimum Gasteiger partial charge on any atom is -0.456 e. The van der Waals surface area contributed by atoms with Gasteiger partial charge in [-0.1, -0.05) is 121 Å². The maximum Gasteiger partial charge on any atom is 0.135 e.